The number of aryl methyl sites for hydroxylation is 2. The molecule has 1 fully saturated rings. The lowest BCUT2D eigenvalue weighted by Gasteiger charge is -2.32. The van der Waals surface area contributed by atoms with Crippen molar-refractivity contribution >= 4 is 40.7 Å². The molecule has 0 spiro atoms. The number of halogens is 3. The van der Waals surface area contributed by atoms with Gasteiger partial charge in [-0.1, -0.05) is 35.3 Å². The number of piperidine rings is 1. The third-order valence-electron chi connectivity index (χ3n) is 5.94. The molecule has 0 atom stereocenters. The molecular weight excluding hydrogens is 494 g/mol. The highest BCUT2D eigenvalue weighted by Crippen LogP contribution is 2.28. The van der Waals surface area contributed by atoms with Crippen molar-refractivity contribution in [3.63, 3.8) is 0 Å². The number of carbonyl (C=O) groups is 2. The SMILES string of the molecule is Cc1ccc(C)c(OCC(=O)Nc2cnn(C3CCN(C(=O)c4cc(Cl)c(F)c(Cl)c4)CC3)c2)c1. The minimum absolute atomic E-state index is 0.0799. The van der Waals surface area contributed by atoms with Gasteiger partial charge in [0.2, 0.25) is 0 Å². The van der Waals surface area contributed by atoms with Gasteiger partial charge in [0.05, 0.1) is 28.0 Å². The maximum Gasteiger partial charge on any atom is 0.262 e. The molecule has 0 bridgehead atoms. The van der Waals surface area contributed by atoms with Crippen molar-refractivity contribution in [3.8, 4) is 5.75 Å². The fraction of sp³-hybridized carbons (Fsp3) is 0.320. The van der Waals surface area contributed by atoms with Crippen molar-refractivity contribution in [1.29, 1.82) is 0 Å². The summed E-state index contributed by atoms with van der Waals surface area (Å²) in [5.41, 5.74) is 2.86. The van der Waals surface area contributed by atoms with Crippen molar-refractivity contribution in [1.82, 2.24) is 14.7 Å². The predicted molar refractivity (Wildman–Crippen MR) is 133 cm³/mol. The Morgan fingerprint density at radius 3 is 2.51 bits per heavy atom. The van der Waals surface area contributed by atoms with Crippen molar-refractivity contribution in [2.45, 2.75) is 32.7 Å². The lowest BCUT2D eigenvalue weighted by Crippen LogP contribution is -2.39. The maximum atomic E-state index is 13.7. The summed E-state index contributed by atoms with van der Waals surface area (Å²) in [7, 11) is 0. The molecule has 0 aliphatic carbocycles. The number of nitrogens with one attached hydrogen (secondary N) is 1. The highest BCUT2D eigenvalue weighted by Gasteiger charge is 2.26. The summed E-state index contributed by atoms with van der Waals surface area (Å²) in [6.07, 6.45) is 4.73. The van der Waals surface area contributed by atoms with E-state index < -0.39 is 5.82 Å². The Morgan fingerprint density at radius 2 is 1.83 bits per heavy atom. The van der Waals surface area contributed by atoms with Gasteiger partial charge in [-0.15, -0.1) is 0 Å². The number of ether oxygens (including phenoxy) is 1. The quantitative estimate of drug-likeness (QED) is 0.440. The molecule has 4 rings (SSSR count). The molecule has 1 saturated heterocycles. The maximum absolute atomic E-state index is 13.7. The third-order valence-corrected chi connectivity index (χ3v) is 6.49. The number of nitrogens with zero attached hydrogens (tertiary/aromatic N) is 3. The second-order valence-corrected chi connectivity index (χ2v) is 9.41. The van der Waals surface area contributed by atoms with E-state index >= 15 is 0 Å². The van der Waals surface area contributed by atoms with Crippen LogP contribution in [0.1, 0.15) is 40.4 Å². The van der Waals surface area contributed by atoms with Crippen LogP contribution in [-0.4, -0.2) is 46.2 Å². The zero-order valence-electron chi connectivity index (χ0n) is 19.4. The number of hydrogen-bond donors (Lipinski definition) is 1. The van der Waals surface area contributed by atoms with Gasteiger partial charge in [0, 0.05) is 24.8 Å². The molecule has 1 aromatic heterocycles. The van der Waals surface area contributed by atoms with Crippen LogP contribution in [0, 0.1) is 19.7 Å². The highest BCUT2D eigenvalue weighted by molar-refractivity contribution is 6.35. The van der Waals surface area contributed by atoms with Crippen LogP contribution in [-0.2, 0) is 4.79 Å². The molecule has 184 valence electrons. The van der Waals surface area contributed by atoms with E-state index in [1.54, 1.807) is 22.0 Å². The molecule has 1 aliphatic rings. The van der Waals surface area contributed by atoms with Gasteiger partial charge < -0.3 is 15.0 Å². The smallest absolute Gasteiger partial charge is 0.262 e. The monoisotopic (exact) mass is 518 g/mol. The van der Waals surface area contributed by atoms with Crippen molar-refractivity contribution in [2.24, 2.45) is 0 Å². The minimum Gasteiger partial charge on any atom is -0.483 e. The summed E-state index contributed by atoms with van der Waals surface area (Å²) >= 11 is 11.7. The average Bonchev–Trinajstić information content (AvgIpc) is 3.30. The van der Waals surface area contributed by atoms with Gasteiger partial charge in [0.25, 0.3) is 11.8 Å². The number of anilines is 1. The molecule has 35 heavy (non-hydrogen) atoms. The first kappa shape index (κ1) is 25.0. The Balaban J connectivity index is 1.29. The first-order valence-corrected chi connectivity index (χ1v) is 11.9. The molecule has 0 radical (unpaired) electrons. The second-order valence-electron chi connectivity index (χ2n) is 8.59. The fourth-order valence-electron chi connectivity index (χ4n) is 4.00. The minimum atomic E-state index is -0.734. The molecule has 2 heterocycles. The molecule has 1 N–H and O–H groups in total. The number of likely N-dealkylation sites (tertiary alicyclic amines) is 1. The van der Waals surface area contributed by atoms with E-state index in [0.717, 1.165) is 11.1 Å². The van der Waals surface area contributed by atoms with Crippen molar-refractivity contribution < 1.29 is 18.7 Å². The number of benzene rings is 2. The summed E-state index contributed by atoms with van der Waals surface area (Å²) in [6.45, 7) is 4.80. The lowest BCUT2D eigenvalue weighted by atomic mass is 10.0. The summed E-state index contributed by atoms with van der Waals surface area (Å²) in [5.74, 6) is -0.573. The number of amides is 2. The number of rotatable bonds is 6. The molecule has 2 aromatic carbocycles. The predicted octanol–water partition coefficient (Wildman–Crippen LogP) is 5.44. The van der Waals surface area contributed by atoms with Gasteiger partial charge in [-0.2, -0.15) is 5.10 Å². The van der Waals surface area contributed by atoms with Crippen molar-refractivity contribution in [3.05, 3.63) is 75.3 Å². The first-order valence-electron chi connectivity index (χ1n) is 11.2. The van der Waals surface area contributed by atoms with Crippen LogP contribution in [0.5, 0.6) is 5.75 Å². The average molecular weight is 519 g/mol. The Morgan fingerprint density at radius 1 is 1.14 bits per heavy atom. The molecule has 1 aliphatic heterocycles. The molecule has 2 amide bonds. The topological polar surface area (TPSA) is 76.5 Å². The molecule has 0 unspecified atom stereocenters. The van der Waals surface area contributed by atoms with E-state index in [0.29, 0.717) is 37.4 Å². The number of aromatic nitrogens is 2. The molecular formula is C25H25Cl2FN4O3. The van der Waals surface area contributed by atoms with Crippen LogP contribution < -0.4 is 10.1 Å². The van der Waals surface area contributed by atoms with Gasteiger partial charge in [-0.25, -0.2) is 4.39 Å². The van der Waals surface area contributed by atoms with Crippen LogP contribution in [0.2, 0.25) is 10.0 Å². The first-order chi connectivity index (χ1) is 16.7. The zero-order chi connectivity index (χ0) is 25.1. The Bertz CT molecular complexity index is 1230. The molecule has 10 heteroatoms. The van der Waals surface area contributed by atoms with E-state index in [1.165, 1.54) is 12.1 Å². The molecule has 0 saturated carbocycles. The van der Waals surface area contributed by atoms with Gasteiger partial charge in [-0.3, -0.25) is 14.3 Å². The Labute approximate surface area is 212 Å². The lowest BCUT2D eigenvalue weighted by molar-refractivity contribution is -0.118. The summed E-state index contributed by atoms with van der Waals surface area (Å²) < 4.78 is 21.1. The van der Waals surface area contributed by atoms with E-state index in [-0.39, 0.29) is 40.1 Å². The van der Waals surface area contributed by atoms with Gasteiger partial charge >= 0.3 is 0 Å². The van der Waals surface area contributed by atoms with Gasteiger partial charge in [0.15, 0.2) is 12.4 Å². The number of carbonyl (C=O) groups excluding carboxylic acids is 2. The van der Waals surface area contributed by atoms with E-state index in [2.05, 4.69) is 10.4 Å². The van der Waals surface area contributed by atoms with Gasteiger partial charge in [-0.05, 0) is 56.0 Å². The van der Waals surface area contributed by atoms with Crippen LogP contribution >= 0.6 is 23.2 Å². The summed E-state index contributed by atoms with van der Waals surface area (Å²) in [5, 5.41) is 6.82. The normalized spacial score (nSPS) is 14.1. The van der Waals surface area contributed by atoms with E-state index in [1.807, 2.05) is 32.0 Å². The Kier molecular flexibility index (Phi) is 7.62. The summed E-state index contributed by atoms with van der Waals surface area (Å²) in [4.78, 5) is 26.8. The fourth-order valence-corrected chi connectivity index (χ4v) is 4.49. The van der Waals surface area contributed by atoms with Crippen molar-refractivity contribution in [2.75, 3.05) is 25.0 Å². The molecule has 7 nitrogen and oxygen atoms in total. The van der Waals surface area contributed by atoms with Crippen LogP contribution in [0.3, 0.4) is 0 Å². The largest absolute Gasteiger partial charge is 0.483 e. The van der Waals surface area contributed by atoms with E-state index in [9.17, 15) is 14.0 Å². The standard InChI is InChI=1S/C25H25Cl2FN4O3/c1-15-3-4-16(2)22(9-15)35-14-23(33)30-18-12-29-32(13-18)19-5-7-31(8-6-19)25(34)17-10-20(26)24(28)21(27)11-17/h3-4,9-13,19H,5-8,14H2,1-2H3,(H,30,33). The highest BCUT2D eigenvalue weighted by atomic mass is 35.5. The second kappa shape index (κ2) is 10.7. The number of hydrogen-bond acceptors (Lipinski definition) is 4. The van der Waals surface area contributed by atoms with Crippen LogP contribution in [0.25, 0.3) is 0 Å². The van der Waals surface area contributed by atoms with Crippen LogP contribution in [0.4, 0.5) is 10.1 Å². The van der Waals surface area contributed by atoms with Gasteiger partial charge in [0.1, 0.15) is 5.75 Å². The van der Waals surface area contributed by atoms with E-state index in [4.69, 9.17) is 27.9 Å². The Hall–Kier alpha value is -3.10. The molecule has 3 aromatic rings. The van der Waals surface area contributed by atoms with Crippen LogP contribution in [0.15, 0.2) is 42.7 Å². The zero-order valence-corrected chi connectivity index (χ0v) is 20.9. The third kappa shape index (κ3) is 5.94. The summed E-state index contributed by atoms with van der Waals surface area (Å²) in [6, 6.07) is 8.52.